The highest BCUT2D eigenvalue weighted by Gasteiger charge is 2.28. The highest BCUT2D eigenvalue weighted by molar-refractivity contribution is 5.79. The summed E-state index contributed by atoms with van der Waals surface area (Å²) in [4.78, 5) is 14.4. The fraction of sp³-hybridized carbons (Fsp3) is 0.444. The van der Waals surface area contributed by atoms with Gasteiger partial charge in [0.2, 0.25) is 5.91 Å². The lowest BCUT2D eigenvalue weighted by atomic mass is 9.98. The third kappa shape index (κ3) is 3.45. The Morgan fingerprint density at radius 3 is 2.70 bits per heavy atom. The first kappa shape index (κ1) is 15.7. The molecule has 1 amide bonds. The Hall–Kier alpha value is -2.14. The number of carbonyl (C=O) groups excluding carboxylic acids is 1. The normalized spacial score (nSPS) is 17.0. The summed E-state index contributed by atoms with van der Waals surface area (Å²) in [5.41, 5.74) is 2.92. The van der Waals surface area contributed by atoms with Crippen LogP contribution in [0.2, 0.25) is 0 Å². The standard InChI is InChI=1S/C18H23N3O2/c1-13(21(2)18(22)15-8-10-23-11-9-15)16-12-17(20-19-16)14-6-4-3-5-7-14/h3-7,12-13,15H,8-11H2,1-2H3,(H,19,20)/t13-/m1/s1. The predicted octanol–water partition coefficient (Wildman–Crippen LogP) is 3.02. The van der Waals surface area contributed by atoms with Crippen LogP contribution < -0.4 is 0 Å². The molecule has 1 aliphatic rings. The molecule has 5 heteroatoms. The van der Waals surface area contributed by atoms with Crippen LogP contribution in [-0.4, -0.2) is 41.3 Å². The van der Waals surface area contributed by atoms with E-state index in [2.05, 4.69) is 10.2 Å². The van der Waals surface area contributed by atoms with E-state index in [1.807, 2.05) is 55.3 Å². The van der Waals surface area contributed by atoms with Gasteiger partial charge in [0.25, 0.3) is 0 Å². The second-order valence-corrected chi connectivity index (χ2v) is 6.09. The minimum absolute atomic E-state index is 0.0321. The maximum atomic E-state index is 12.6. The zero-order valence-electron chi connectivity index (χ0n) is 13.7. The number of rotatable bonds is 4. The molecule has 2 heterocycles. The third-order valence-corrected chi connectivity index (χ3v) is 4.62. The SMILES string of the molecule is C[C@H](c1cc(-c2ccccc2)n[nH]1)N(C)C(=O)C1CCOCC1. The molecule has 3 rings (SSSR count). The molecule has 0 unspecified atom stereocenters. The molecule has 23 heavy (non-hydrogen) atoms. The monoisotopic (exact) mass is 313 g/mol. The molecular weight excluding hydrogens is 290 g/mol. The van der Waals surface area contributed by atoms with Crippen LogP contribution in [0.1, 0.15) is 31.5 Å². The maximum Gasteiger partial charge on any atom is 0.226 e. The van der Waals surface area contributed by atoms with Crippen LogP contribution in [-0.2, 0) is 9.53 Å². The zero-order chi connectivity index (χ0) is 16.2. The molecule has 1 fully saturated rings. The maximum absolute atomic E-state index is 12.6. The Kier molecular flexibility index (Phi) is 4.76. The van der Waals surface area contributed by atoms with Crippen molar-refractivity contribution in [3.63, 3.8) is 0 Å². The molecule has 1 aliphatic heterocycles. The molecule has 0 aliphatic carbocycles. The van der Waals surface area contributed by atoms with Gasteiger partial charge in [-0.25, -0.2) is 0 Å². The van der Waals surface area contributed by atoms with Crippen LogP contribution in [0.5, 0.6) is 0 Å². The Balaban J connectivity index is 1.71. The quantitative estimate of drug-likeness (QED) is 0.944. The summed E-state index contributed by atoms with van der Waals surface area (Å²) in [6.45, 7) is 3.39. The van der Waals surface area contributed by atoms with Gasteiger partial charge in [-0.05, 0) is 25.8 Å². The minimum atomic E-state index is -0.0321. The Labute approximate surface area is 136 Å². The Morgan fingerprint density at radius 2 is 2.00 bits per heavy atom. The highest BCUT2D eigenvalue weighted by atomic mass is 16.5. The minimum Gasteiger partial charge on any atom is -0.381 e. The summed E-state index contributed by atoms with van der Waals surface area (Å²) in [7, 11) is 1.87. The molecule has 2 aromatic rings. The second kappa shape index (κ2) is 6.96. The van der Waals surface area contributed by atoms with Gasteiger partial charge >= 0.3 is 0 Å². The van der Waals surface area contributed by atoms with Crippen molar-refractivity contribution in [3.05, 3.63) is 42.1 Å². The smallest absolute Gasteiger partial charge is 0.226 e. The van der Waals surface area contributed by atoms with Gasteiger partial charge in [0, 0.05) is 31.7 Å². The van der Waals surface area contributed by atoms with E-state index in [-0.39, 0.29) is 17.9 Å². The van der Waals surface area contributed by atoms with Crippen molar-refractivity contribution in [2.24, 2.45) is 5.92 Å². The predicted molar refractivity (Wildman–Crippen MR) is 88.8 cm³/mol. The van der Waals surface area contributed by atoms with Crippen LogP contribution in [0.25, 0.3) is 11.3 Å². The van der Waals surface area contributed by atoms with Gasteiger partial charge < -0.3 is 9.64 Å². The van der Waals surface area contributed by atoms with Gasteiger partial charge in [0.1, 0.15) is 0 Å². The zero-order valence-corrected chi connectivity index (χ0v) is 13.7. The Bertz CT molecular complexity index is 647. The number of nitrogens with zero attached hydrogens (tertiary/aromatic N) is 2. The van der Waals surface area contributed by atoms with Crippen molar-refractivity contribution in [2.75, 3.05) is 20.3 Å². The number of aromatic nitrogens is 2. The molecule has 1 saturated heterocycles. The first-order valence-electron chi connectivity index (χ1n) is 8.12. The number of hydrogen-bond acceptors (Lipinski definition) is 3. The first-order valence-corrected chi connectivity index (χ1v) is 8.12. The molecule has 0 spiro atoms. The molecule has 122 valence electrons. The molecule has 0 bridgehead atoms. The molecule has 5 nitrogen and oxygen atoms in total. The van der Waals surface area contributed by atoms with Crippen molar-refractivity contribution in [1.29, 1.82) is 0 Å². The van der Waals surface area contributed by atoms with E-state index < -0.39 is 0 Å². The summed E-state index contributed by atoms with van der Waals surface area (Å²) >= 11 is 0. The van der Waals surface area contributed by atoms with Gasteiger partial charge in [-0.15, -0.1) is 0 Å². The fourth-order valence-corrected chi connectivity index (χ4v) is 2.94. The molecule has 1 aromatic carbocycles. The third-order valence-electron chi connectivity index (χ3n) is 4.62. The van der Waals surface area contributed by atoms with E-state index in [4.69, 9.17) is 4.74 Å². The van der Waals surface area contributed by atoms with Crippen molar-refractivity contribution >= 4 is 5.91 Å². The summed E-state index contributed by atoms with van der Waals surface area (Å²) < 4.78 is 5.34. The second-order valence-electron chi connectivity index (χ2n) is 6.09. The largest absolute Gasteiger partial charge is 0.381 e. The molecule has 1 N–H and O–H groups in total. The van der Waals surface area contributed by atoms with Crippen molar-refractivity contribution in [3.8, 4) is 11.3 Å². The molecule has 1 aromatic heterocycles. The summed E-state index contributed by atoms with van der Waals surface area (Å²) in [6, 6.07) is 12.0. The van der Waals surface area contributed by atoms with Gasteiger partial charge in [0.15, 0.2) is 0 Å². The average Bonchev–Trinajstić information content (AvgIpc) is 3.11. The van der Waals surface area contributed by atoms with Crippen LogP contribution in [0.4, 0.5) is 0 Å². The summed E-state index contributed by atoms with van der Waals surface area (Å²) in [6.07, 6.45) is 1.63. The number of H-pyrrole nitrogens is 1. The number of aromatic amines is 1. The average molecular weight is 313 g/mol. The van der Waals surface area contributed by atoms with Crippen LogP contribution in [0, 0.1) is 5.92 Å². The van der Waals surface area contributed by atoms with Crippen molar-refractivity contribution < 1.29 is 9.53 Å². The lowest BCUT2D eigenvalue weighted by molar-refractivity contribution is -0.139. The number of amides is 1. The Morgan fingerprint density at radius 1 is 1.30 bits per heavy atom. The van der Waals surface area contributed by atoms with Crippen LogP contribution in [0.3, 0.4) is 0 Å². The lowest BCUT2D eigenvalue weighted by Gasteiger charge is -2.30. The summed E-state index contributed by atoms with van der Waals surface area (Å²) in [5.74, 6) is 0.268. The van der Waals surface area contributed by atoms with E-state index in [0.29, 0.717) is 13.2 Å². The summed E-state index contributed by atoms with van der Waals surface area (Å²) in [5, 5.41) is 7.45. The van der Waals surface area contributed by atoms with Crippen molar-refractivity contribution in [1.82, 2.24) is 15.1 Å². The number of ether oxygens (including phenoxy) is 1. The number of benzene rings is 1. The van der Waals surface area contributed by atoms with Gasteiger partial charge in [-0.3, -0.25) is 9.89 Å². The van der Waals surface area contributed by atoms with Crippen LogP contribution in [0.15, 0.2) is 36.4 Å². The van der Waals surface area contributed by atoms with Gasteiger partial charge in [-0.2, -0.15) is 5.10 Å². The van der Waals surface area contributed by atoms with Crippen molar-refractivity contribution in [2.45, 2.75) is 25.8 Å². The molecule has 1 atom stereocenters. The molecule has 0 saturated carbocycles. The van der Waals surface area contributed by atoms with Crippen LogP contribution >= 0.6 is 0 Å². The first-order chi connectivity index (χ1) is 11.2. The number of hydrogen-bond donors (Lipinski definition) is 1. The molecular formula is C18H23N3O2. The van der Waals surface area contributed by atoms with E-state index in [0.717, 1.165) is 29.8 Å². The van der Waals surface area contributed by atoms with E-state index in [1.165, 1.54) is 0 Å². The lowest BCUT2D eigenvalue weighted by Crippen LogP contribution is -2.37. The molecule has 0 radical (unpaired) electrons. The van der Waals surface area contributed by atoms with E-state index >= 15 is 0 Å². The topological polar surface area (TPSA) is 58.2 Å². The van der Waals surface area contributed by atoms with E-state index in [1.54, 1.807) is 0 Å². The van der Waals surface area contributed by atoms with Gasteiger partial charge in [-0.1, -0.05) is 30.3 Å². The number of carbonyl (C=O) groups is 1. The van der Waals surface area contributed by atoms with Gasteiger partial charge in [0.05, 0.1) is 17.4 Å². The van der Waals surface area contributed by atoms with E-state index in [9.17, 15) is 4.79 Å². The highest BCUT2D eigenvalue weighted by Crippen LogP contribution is 2.26. The fourth-order valence-electron chi connectivity index (χ4n) is 2.94. The number of nitrogens with one attached hydrogen (secondary N) is 1.